The van der Waals surface area contributed by atoms with Crippen molar-refractivity contribution in [1.29, 1.82) is 0 Å². The van der Waals surface area contributed by atoms with Crippen molar-refractivity contribution in [1.82, 2.24) is 9.80 Å². The number of likely N-dealkylation sites (N-methyl/N-ethyl adjacent to an activating group) is 1. The number of hydrogen-bond donors (Lipinski definition) is 1. The second kappa shape index (κ2) is 8.90. The van der Waals surface area contributed by atoms with E-state index in [1.807, 2.05) is 0 Å². The first kappa shape index (κ1) is 15.8. The summed E-state index contributed by atoms with van der Waals surface area (Å²) < 4.78 is 0. The van der Waals surface area contributed by atoms with Gasteiger partial charge in [-0.15, -0.1) is 0 Å². The van der Waals surface area contributed by atoms with Crippen LogP contribution in [-0.4, -0.2) is 55.1 Å². The van der Waals surface area contributed by atoms with E-state index < -0.39 is 0 Å². The van der Waals surface area contributed by atoms with Crippen molar-refractivity contribution >= 4 is 17.2 Å². The highest BCUT2D eigenvalue weighted by Gasteiger charge is 2.07. The molecule has 96 valence electrons. The third kappa shape index (κ3) is 10.3. The maximum atomic E-state index is 5.51. The highest BCUT2D eigenvalue weighted by molar-refractivity contribution is 7.80. The minimum Gasteiger partial charge on any atom is -0.393 e. The minimum absolute atomic E-state index is 0.636. The van der Waals surface area contributed by atoms with Crippen LogP contribution in [0.1, 0.15) is 26.7 Å². The molecule has 0 aliphatic heterocycles. The van der Waals surface area contributed by atoms with Gasteiger partial charge in [0.15, 0.2) is 0 Å². The molecule has 0 heterocycles. The molecule has 4 heteroatoms. The van der Waals surface area contributed by atoms with Crippen molar-refractivity contribution in [3.63, 3.8) is 0 Å². The molecule has 2 N–H and O–H groups in total. The van der Waals surface area contributed by atoms with Crippen LogP contribution in [0.25, 0.3) is 0 Å². The second-order valence-electron chi connectivity index (χ2n) is 5.07. The Bertz CT molecular complexity index is 193. The Morgan fingerprint density at radius 3 is 2.25 bits per heavy atom. The Labute approximate surface area is 106 Å². The van der Waals surface area contributed by atoms with Crippen molar-refractivity contribution in [2.45, 2.75) is 26.7 Å². The van der Waals surface area contributed by atoms with Gasteiger partial charge in [-0.3, -0.25) is 0 Å². The zero-order valence-electron chi connectivity index (χ0n) is 11.2. The van der Waals surface area contributed by atoms with Crippen LogP contribution in [-0.2, 0) is 0 Å². The maximum Gasteiger partial charge on any atom is 0.0727 e. The first-order valence-corrected chi connectivity index (χ1v) is 6.48. The number of nitrogens with two attached hydrogens (primary N) is 1. The van der Waals surface area contributed by atoms with Gasteiger partial charge in [0.2, 0.25) is 0 Å². The van der Waals surface area contributed by atoms with Crippen molar-refractivity contribution in [3.8, 4) is 0 Å². The van der Waals surface area contributed by atoms with Gasteiger partial charge in [0.05, 0.1) is 4.99 Å². The van der Waals surface area contributed by atoms with Gasteiger partial charge in [0.25, 0.3) is 0 Å². The maximum absolute atomic E-state index is 5.51. The summed E-state index contributed by atoms with van der Waals surface area (Å²) in [5.74, 6) is 0.715. The van der Waals surface area contributed by atoms with Crippen molar-refractivity contribution in [2.75, 3.05) is 40.3 Å². The molecule has 0 aromatic rings. The van der Waals surface area contributed by atoms with Gasteiger partial charge >= 0.3 is 0 Å². The molecule has 0 saturated heterocycles. The Kier molecular flexibility index (Phi) is 8.80. The van der Waals surface area contributed by atoms with Gasteiger partial charge in [-0.05, 0) is 39.4 Å². The molecule has 0 unspecified atom stereocenters. The van der Waals surface area contributed by atoms with Crippen LogP contribution >= 0.6 is 12.2 Å². The van der Waals surface area contributed by atoms with E-state index in [1.54, 1.807) is 0 Å². The molecular formula is C12H27N3S. The van der Waals surface area contributed by atoms with E-state index in [9.17, 15) is 0 Å². The van der Waals surface area contributed by atoms with E-state index in [0.717, 1.165) is 39.0 Å². The van der Waals surface area contributed by atoms with Crippen molar-refractivity contribution in [2.24, 2.45) is 11.7 Å². The predicted octanol–water partition coefficient (Wildman–Crippen LogP) is 1.57. The lowest BCUT2D eigenvalue weighted by Gasteiger charge is -2.25. The van der Waals surface area contributed by atoms with E-state index in [4.69, 9.17) is 18.0 Å². The summed E-state index contributed by atoms with van der Waals surface area (Å²) >= 11 is 4.89. The van der Waals surface area contributed by atoms with Gasteiger partial charge in [0.1, 0.15) is 0 Å². The lowest BCUT2D eigenvalue weighted by Crippen LogP contribution is -2.35. The van der Waals surface area contributed by atoms with Gasteiger partial charge in [-0.2, -0.15) is 0 Å². The fraction of sp³-hybridized carbons (Fsp3) is 0.917. The standard InChI is InChI=1S/C12H27N3S/c1-11(2)10-15(9-8-14(3)4)7-5-6-12(13)16/h11H,5-10H2,1-4H3,(H2,13,16). The average Bonchev–Trinajstić information content (AvgIpc) is 2.12. The first-order valence-electron chi connectivity index (χ1n) is 6.07. The predicted molar refractivity (Wildman–Crippen MR) is 75.9 cm³/mol. The molecule has 0 radical (unpaired) electrons. The Hall–Kier alpha value is -0.190. The lowest BCUT2D eigenvalue weighted by molar-refractivity contribution is 0.218. The van der Waals surface area contributed by atoms with Crippen LogP contribution in [0.4, 0.5) is 0 Å². The summed E-state index contributed by atoms with van der Waals surface area (Å²) in [6.07, 6.45) is 1.95. The summed E-state index contributed by atoms with van der Waals surface area (Å²) in [4.78, 5) is 5.36. The molecule has 0 aromatic carbocycles. The summed E-state index contributed by atoms with van der Waals surface area (Å²) in [5, 5.41) is 0. The van der Waals surface area contributed by atoms with Crippen LogP contribution in [0.3, 0.4) is 0 Å². The van der Waals surface area contributed by atoms with Crippen LogP contribution in [0.2, 0.25) is 0 Å². The molecule has 0 saturated carbocycles. The molecular weight excluding hydrogens is 218 g/mol. The highest BCUT2D eigenvalue weighted by Crippen LogP contribution is 2.01. The summed E-state index contributed by atoms with van der Waals surface area (Å²) in [7, 11) is 4.23. The molecule has 0 aromatic heterocycles. The molecule has 0 aliphatic rings. The van der Waals surface area contributed by atoms with E-state index >= 15 is 0 Å². The van der Waals surface area contributed by atoms with Crippen LogP contribution < -0.4 is 5.73 Å². The SMILES string of the molecule is CC(C)CN(CCCC(N)=S)CCN(C)C. The Morgan fingerprint density at radius 1 is 1.19 bits per heavy atom. The summed E-state index contributed by atoms with van der Waals surface area (Å²) in [6.45, 7) is 9.02. The number of thiocarbonyl (C=S) groups is 1. The molecule has 0 atom stereocenters. The number of nitrogens with zero attached hydrogens (tertiary/aromatic N) is 2. The molecule has 0 aliphatic carbocycles. The Morgan fingerprint density at radius 2 is 1.81 bits per heavy atom. The van der Waals surface area contributed by atoms with E-state index in [-0.39, 0.29) is 0 Å². The first-order chi connectivity index (χ1) is 7.41. The molecule has 0 spiro atoms. The van der Waals surface area contributed by atoms with Gasteiger partial charge in [0, 0.05) is 19.6 Å². The lowest BCUT2D eigenvalue weighted by atomic mass is 10.2. The van der Waals surface area contributed by atoms with Crippen LogP contribution in [0.15, 0.2) is 0 Å². The monoisotopic (exact) mass is 245 g/mol. The smallest absolute Gasteiger partial charge is 0.0727 e. The zero-order valence-corrected chi connectivity index (χ0v) is 12.0. The van der Waals surface area contributed by atoms with E-state index in [2.05, 4.69) is 37.7 Å². The zero-order chi connectivity index (χ0) is 12.6. The normalized spacial score (nSPS) is 11.7. The third-order valence-electron chi connectivity index (χ3n) is 2.38. The van der Waals surface area contributed by atoms with Crippen molar-refractivity contribution < 1.29 is 0 Å². The fourth-order valence-electron chi connectivity index (χ4n) is 1.63. The quantitative estimate of drug-likeness (QED) is 0.625. The van der Waals surface area contributed by atoms with E-state index in [0.29, 0.717) is 10.9 Å². The summed E-state index contributed by atoms with van der Waals surface area (Å²) in [6, 6.07) is 0. The van der Waals surface area contributed by atoms with Gasteiger partial charge < -0.3 is 15.5 Å². The third-order valence-corrected chi connectivity index (χ3v) is 2.59. The summed E-state index contributed by atoms with van der Waals surface area (Å²) in [5.41, 5.74) is 5.51. The molecule has 0 amide bonds. The molecule has 0 bridgehead atoms. The van der Waals surface area contributed by atoms with Crippen molar-refractivity contribution in [3.05, 3.63) is 0 Å². The van der Waals surface area contributed by atoms with Crippen LogP contribution in [0.5, 0.6) is 0 Å². The molecule has 16 heavy (non-hydrogen) atoms. The Balaban J connectivity index is 3.85. The molecule has 0 fully saturated rings. The van der Waals surface area contributed by atoms with Gasteiger partial charge in [-0.25, -0.2) is 0 Å². The minimum atomic E-state index is 0.636. The van der Waals surface area contributed by atoms with E-state index in [1.165, 1.54) is 0 Å². The largest absolute Gasteiger partial charge is 0.393 e. The second-order valence-corrected chi connectivity index (χ2v) is 5.59. The highest BCUT2D eigenvalue weighted by atomic mass is 32.1. The van der Waals surface area contributed by atoms with Crippen LogP contribution in [0, 0.1) is 5.92 Å². The topological polar surface area (TPSA) is 32.5 Å². The number of hydrogen-bond acceptors (Lipinski definition) is 3. The fourth-order valence-corrected chi connectivity index (χ4v) is 1.77. The average molecular weight is 245 g/mol. The molecule has 3 nitrogen and oxygen atoms in total. The molecule has 0 rings (SSSR count). The number of rotatable bonds is 9. The van der Waals surface area contributed by atoms with Gasteiger partial charge in [-0.1, -0.05) is 26.1 Å².